The van der Waals surface area contributed by atoms with E-state index in [1.807, 2.05) is 0 Å². The van der Waals surface area contributed by atoms with Gasteiger partial charge >= 0.3 is 6.03 Å². The Balaban J connectivity index is 1.93. The summed E-state index contributed by atoms with van der Waals surface area (Å²) in [4.78, 5) is 11.8. The summed E-state index contributed by atoms with van der Waals surface area (Å²) in [5, 5.41) is 6.61. The second-order valence-electron chi connectivity index (χ2n) is 3.97. The average Bonchev–Trinajstić information content (AvgIpc) is 2.49. The molecule has 5 nitrogen and oxygen atoms in total. The van der Waals surface area contributed by atoms with Gasteiger partial charge in [-0.2, -0.15) is 5.32 Å². The number of ether oxygens (including phenoxy) is 2. The first-order valence-electron chi connectivity index (χ1n) is 6.02. The molecule has 0 atom stereocenters. The van der Waals surface area contributed by atoms with Crippen LogP contribution in [-0.2, 0) is 0 Å². The summed E-state index contributed by atoms with van der Waals surface area (Å²) in [5.74, 6) is 1.45. The molecule has 0 aliphatic heterocycles. The van der Waals surface area contributed by atoms with Crippen LogP contribution in [0, 0.1) is 0 Å². The lowest BCUT2D eigenvalue weighted by atomic mass is 10.3. The number of benzene rings is 2. The van der Waals surface area contributed by atoms with Crippen LogP contribution < -0.4 is 20.1 Å². The molecule has 20 heavy (non-hydrogen) atoms. The summed E-state index contributed by atoms with van der Waals surface area (Å²) in [5.41, 5.74) is 1.23. The van der Waals surface area contributed by atoms with Gasteiger partial charge in [-0.25, -0.2) is 4.79 Å². The second-order valence-corrected chi connectivity index (χ2v) is 3.97. The fourth-order valence-electron chi connectivity index (χ4n) is 1.60. The lowest BCUT2D eigenvalue weighted by molar-refractivity contribution is 0.255. The number of rotatable bonds is 4. The largest absolute Gasteiger partial charge is 0.497 e. The minimum absolute atomic E-state index is 0.430. The molecule has 0 saturated heterocycles. The third-order valence-electron chi connectivity index (χ3n) is 2.64. The number of nitrogens with one attached hydrogen (secondary N) is 1. The highest BCUT2D eigenvalue weighted by molar-refractivity contribution is 5.91. The van der Waals surface area contributed by atoms with E-state index in [1.54, 1.807) is 62.8 Å². The molecule has 2 amide bonds. The van der Waals surface area contributed by atoms with Crippen LogP contribution in [0.2, 0.25) is 0 Å². The normalized spacial score (nSPS) is 9.70. The Kier molecular flexibility index (Phi) is 4.44. The van der Waals surface area contributed by atoms with Gasteiger partial charge < -0.3 is 14.8 Å². The zero-order valence-electron chi connectivity index (χ0n) is 11.3. The molecule has 2 rings (SSSR count). The first kappa shape index (κ1) is 13.7. The molecule has 2 aromatic carbocycles. The van der Waals surface area contributed by atoms with E-state index in [9.17, 15) is 4.79 Å². The number of carbonyl (C=O) groups is 1. The number of anilines is 1. The van der Waals surface area contributed by atoms with Gasteiger partial charge in [-0.3, -0.25) is 0 Å². The lowest BCUT2D eigenvalue weighted by Gasteiger charge is -2.06. The molecule has 1 N–H and O–H groups in total. The molecule has 0 spiro atoms. The lowest BCUT2D eigenvalue weighted by Crippen LogP contribution is -2.18. The Morgan fingerprint density at radius 3 is 1.90 bits per heavy atom. The SMILES string of the molecule is COc1ccc([N]C(=O)Nc2ccc(OC)cc2)cc1. The molecule has 0 saturated carbocycles. The van der Waals surface area contributed by atoms with Crippen LogP contribution in [0.5, 0.6) is 11.5 Å². The summed E-state index contributed by atoms with van der Waals surface area (Å²) in [6, 6.07) is 13.5. The van der Waals surface area contributed by atoms with Crippen LogP contribution in [0.15, 0.2) is 48.5 Å². The number of hydrogen-bond acceptors (Lipinski definition) is 3. The predicted molar refractivity (Wildman–Crippen MR) is 76.8 cm³/mol. The van der Waals surface area contributed by atoms with Crippen molar-refractivity contribution in [2.24, 2.45) is 0 Å². The van der Waals surface area contributed by atoms with E-state index in [1.165, 1.54) is 0 Å². The number of urea groups is 1. The smallest absolute Gasteiger partial charge is 0.345 e. The molecule has 5 heteroatoms. The first-order chi connectivity index (χ1) is 9.71. The predicted octanol–water partition coefficient (Wildman–Crippen LogP) is 3.17. The van der Waals surface area contributed by atoms with Gasteiger partial charge in [0.2, 0.25) is 0 Å². The zero-order chi connectivity index (χ0) is 14.4. The van der Waals surface area contributed by atoms with Gasteiger partial charge in [0.15, 0.2) is 0 Å². The molecule has 2 aromatic rings. The summed E-state index contributed by atoms with van der Waals surface area (Å²) in [6.07, 6.45) is 0. The number of amides is 2. The van der Waals surface area contributed by atoms with Crippen molar-refractivity contribution < 1.29 is 14.3 Å². The zero-order valence-corrected chi connectivity index (χ0v) is 11.3. The molecule has 0 aliphatic carbocycles. The number of hydrogen-bond donors (Lipinski definition) is 1. The topological polar surface area (TPSA) is 61.7 Å². The van der Waals surface area contributed by atoms with Crippen LogP contribution in [0.3, 0.4) is 0 Å². The molecule has 1 radical (unpaired) electrons. The van der Waals surface area contributed by atoms with Crippen LogP contribution >= 0.6 is 0 Å². The van der Waals surface area contributed by atoms with Crippen molar-refractivity contribution in [1.82, 2.24) is 5.32 Å². The standard InChI is InChI=1S/C15H15N2O3/c1-19-13-7-3-11(4-8-13)16-15(18)17-12-5-9-14(20-2)10-6-12/h3-10H,1-2H3,(H,16,18). The van der Waals surface area contributed by atoms with Gasteiger partial charge in [0.05, 0.1) is 19.9 Å². The Morgan fingerprint density at radius 1 is 0.900 bits per heavy atom. The van der Waals surface area contributed by atoms with Crippen molar-refractivity contribution in [3.05, 3.63) is 48.5 Å². The summed E-state index contributed by atoms with van der Waals surface area (Å²) >= 11 is 0. The van der Waals surface area contributed by atoms with Crippen molar-refractivity contribution in [3.63, 3.8) is 0 Å². The molecule has 103 valence electrons. The Hall–Kier alpha value is -2.69. The second kappa shape index (κ2) is 6.47. The molecule has 0 aromatic heterocycles. The molecular formula is C15H15N2O3. The van der Waals surface area contributed by atoms with Gasteiger partial charge in [-0.1, -0.05) is 0 Å². The fourth-order valence-corrected chi connectivity index (χ4v) is 1.60. The number of carbonyl (C=O) groups excluding carboxylic acids is 1. The highest BCUT2D eigenvalue weighted by Crippen LogP contribution is 2.17. The summed E-state index contributed by atoms with van der Waals surface area (Å²) < 4.78 is 10.1. The van der Waals surface area contributed by atoms with Crippen LogP contribution in [-0.4, -0.2) is 20.3 Å². The van der Waals surface area contributed by atoms with Crippen LogP contribution in [0.4, 0.5) is 16.2 Å². The van der Waals surface area contributed by atoms with E-state index >= 15 is 0 Å². The van der Waals surface area contributed by atoms with Crippen molar-refractivity contribution >= 4 is 17.4 Å². The van der Waals surface area contributed by atoms with E-state index in [-0.39, 0.29) is 0 Å². The Bertz CT molecular complexity index is 513. The van der Waals surface area contributed by atoms with Crippen molar-refractivity contribution in [2.75, 3.05) is 19.5 Å². The van der Waals surface area contributed by atoms with E-state index in [0.29, 0.717) is 11.4 Å². The van der Waals surface area contributed by atoms with Crippen LogP contribution in [0.1, 0.15) is 0 Å². The molecule has 0 unspecified atom stereocenters. The van der Waals surface area contributed by atoms with Gasteiger partial charge in [-0.15, -0.1) is 0 Å². The van der Waals surface area contributed by atoms with Crippen molar-refractivity contribution in [3.8, 4) is 11.5 Å². The first-order valence-corrected chi connectivity index (χ1v) is 6.02. The van der Waals surface area contributed by atoms with Crippen LogP contribution in [0.25, 0.3) is 0 Å². The van der Waals surface area contributed by atoms with E-state index in [2.05, 4.69) is 10.6 Å². The minimum atomic E-state index is -0.430. The maximum absolute atomic E-state index is 11.8. The van der Waals surface area contributed by atoms with Crippen molar-refractivity contribution in [1.29, 1.82) is 0 Å². The molecule has 0 heterocycles. The summed E-state index contributed by atoms with van der Waals surface area (Å²) in [6.45, 7) is 0. The summed E-state index contributed by atoms with van der Waals surface area (Å²) in [7, 11) is 3.18. The average molecular weight is 271 g/mol. The van der Waals surface area contributed by atoms with E-state index in [4.69, 9.17) is 9.47 Å². The highest BCUT2D eigenvalue weighted by atomic mass is 16.5. The molecular weight excluding hydrogens is 256 g/mol. The molecule has 0 fully saturated rings. The number of methoxy groups -OCH3 is 2. The minimum Gasteiger partial charge on any atom is -0.497 e. The van der Waals surface area contributed by atoms with Gasteiger partial charge in [0, 0.05) is 5.69 Å². The van der Waals surface area contributed by atoms with E-state index < -0.39 is 6.03 Å². The fraction of sp³-hybridized carbons (Fsp3) is 0.133. The maximum atomic E-state index is 11.8. The van der Waals surface area contributed by atoms with Gasteiger partial charge in [-0.05, 0) is 48.5 Å². The third-order valence-corrected chi connectivity index (χ3v) is 2.64. The Morgan fingerprint density at radius 2 is 1.40 bits per heavy atom. The number of nitrogens with zero attached hydrogens (tertiary/aromatic N) is 1. The van der Waals surface area contributed by atoms with E-state index in [0.717, 1.165) is 11.5 Å². The molecule has 0 aliphatic rings. The van der Waals surface area contributed by atoms with Gasteiger partial charge in [0.1, 0.15) is 11.5 Å². The Labute approximate surface area is 117 Å². The maximum Gasteiger partial charge on any atom is 0.345 e. The molecule has 0 bridgehead atoms. The van der Waals surface area contributed by atoms with Crippen molar-refractivity contribution in [2.45, 2.75) is 0 Å². The third kappa shape index (κ3) is 3.65. The monoisotopic (exact) mass is 271 g/mol. The van der Waals surface area contributed by atoms with Gasteiger partial charge in [0.25, 0.3) is 0 Å². The quantitative estimate of drug-likeness (QED) is 0.929. The highest BCUT2D eigenvalue weighted by Gasteiger charge is 2.05.